The number of fused-ring (bicyclic) bond motifs is 1. The minimum absolute atomic E-state index is 0.104. The fourth-order valence-electron chi connectivity index (χ4n) is 3.52. The first kappa shape index (κ1) is 21.9. The van der Waals surface area contributed by atoms with Crippen LogP contribution >= 0.6 is 0 Å². The number of ether oxygens (including phenoxy) is 1. The Morgan fingerprint density at radius 2 is 1.68 bits per heavy atom. The molecule has 3 aromatic rings. The van der Waals surface area contributed by atoms with Gasteiger partial charge in [-0.2, -0.15) is 0 Å². The van der Waals surface area contributed by atoms with Crippen molar-refractivity contribution < 1.29 is 24.5 Å². The number of hydrogen-bond donors (Lipinski definition) is 3. The zero-order chi connectivity index (χ0) is 22.2. The van der Waals surface area contributed by atoms with Gasteiger partial charge in [0.25, 0.3) is 0 Å². The van der Waals surface area contributed by atoms with Crippen LogP contribution in [-0.4, -0.2) is 22.3 Å². The predicted octanol–water partition coefficient (Wildman–Crippen LogP) is 5.89. The minimum atomic E-state index is -0.993. The summed E-state index contributed by atoms with van der Waals surface area (Å²) in [6.45, 7) is 1.96. The number of hydrogen-bond acceptors (Lipinski definition) is 4. The number of para-hydroxylation sites is 1. The highest BCUT2D eigenvalue weighted by molar-refractivity contribution is 5.91. The molecule has 1 amide bonds. The standard InChI is InChI=1S/C25H25NO5/c1-17(9-5-8-14-23(28)29)24(31-25(30)26-18-10-3-2-4-11-18)21-15-16-22(27)20-13-7-6-12-19(20)21/h2-4,6-8,10-17,24,27H,5,9H2,1H3,(H,26,30)(H,28,29)/b14-8+/t17-,24-/m0/s1. The number of carboxylic acid groups (broad SMARTS) is 1. The molecule has 0 spiro atoms. The summed E-state index contributed by atoms with van der Waals surface area (Å²) in [5.41, 5.74) is 1.41. The molecule has 6 nitrogen and oxygen atoms in total. The molecule has 0 fully saturated rings. The van der Waals surface area contributed by atoms with Crippen LogP contribution in [-0.2, 0) is 9.53 Å². The summed E-state index contributed by atoms with van der Waals surface area (Å²) in [6, 6.07) is 19.8. The number of carbonyl (C=O) groups is 2. The molecule has 0 bridgehead atoms. The molecule has 0 saturated heterocycles. The molecule has 31 heavy (non-hydrogen) atoms. The number of carbonyl (C=O) groups excluding carboxylic acids is 1. The number of aromatic hydroxyl groups is 1. The molecule has 0 aromatic heterocycles. The molecule has 6 heteroatoms. The van der Waals surface area contributed by atoms with E-state index < -0.39 is 18.2 Å². The highest BCUT2D eigenvalue weighted by Crippen LogP contribution is 2.37. The molecule has 0 aliphatic carbocycles. The maximum atomic E-state index is 12.6. The van der Waals surface area contributed by atoms with Gasteiger partial charge in [-0.05, 0) is 42.3 Å². The summed E-state index contributed by atoms with van der Waals surface area (Å²) in [5.74, 6) is -0.941. The first-order valence-electron chi connectivity index (χ1n) is 10.1. The lowest BCUT2D eigenvalue weighted by Crippen LogP contribution is -2.22. The number of carboxylic acids is 1. The molecule has 0 saturated carbocycles. The summed E-state index contributed by atoms with van der Waals surface area (Å²) < 4.78 is 5.86. The van der Waals surface area contributed by atoms with Crippen molar-refractivity contribution in [2.24, 2.45) is 5.92 Å². The highest BCUT2D eigenvalue weighted by atomic mass is 16.6. The van der Waals surface area contributed by atoms with Crippen molar-refractivity contribution in [2.75, 3.05) is 5.32 Å². The zero-order valence-corrected chi connectivity index (χ0v) is 17.2. The van der Waals surface area contributed by atoms with Crippen molar-refractivity contribution in [1.82, 2.24) is 0 Å². The topological polar surface area (TPSA) is 95.9 Å². The molecule has 3 N–H and O–H groups in total. The van der Waals surface area contributed by atoms with Gasteiger partial charge in [0.15, 0.2) is 0 Å². The average molecular weight is 419 g/mol. The van der Waals surface area contributed by atoms with Crippen molar-refractivity contribution in [3.63, 3.8) is 0 Å². The summed E-state index contributed by atoms with van der Waals surface area (Å²) >= 11 is 0. The monoisotopic (exact) mass is 419 g/mol. The highest BCUT2D eigenvalue weighted by Gasteiger charge is 2.25. The van der Waals surface area contributed by atoms with Crippen LogP contribution in [0, 0.1) is 5.92 Å². The lowest BCUT2D eigenvalue weighted by molar-refractivity contribution is -0.131. The van der Waals surface area contributed by atoms with E-state index in [1.54, 1.807) is 30.3 Å². The average Bonchev–Trinajstić information content (AvgIpc) is 2.76. The molecule has 3 rings (SSSR count). The second kappa shape index (κ2) is 10.3. The number of aliphatic carboxylic acids is 1. The molecular formula is C25H25NO5. The Labute approximate surface area is 180 Å². The van der Waals surface area contributed by atoms with Gasteiger partial charge in [-0.3, -0.25) is 5.32 Å². The fourth-order valence-corrected chi connectivity index (χ4v) is 3.52. The van der Waals surface area contributed by atoms with Crippen LogP contribution in [0.5, 0.6) is 5.75 Å². The summed E-state index contributed by atoms with van der Waals surface area (Å²) in [6.07, 6.45) is 2.68. The van der Waals surface area contributed by atoms with E-state index in [4.69, 9.17) is 9.84 Å². The van der Waals surface area contributed by atoms with E-state index in [0.717, 1.165) is 17.0 Å². The van der Waals surface area contributed by atoms with Crippen molar-refractivity contribution in [3.8, 4) is 5.75 Å². The Morgan fingerprint density at radius 1 is 1.00 bits per heavy atom. The zero-order valence-electron chi connectivity index (χ0n) is 17.2. The third-order valence-electron chi connectivity index (χ3n) is 5.06. The molecular weight excluding hydrogens is 394 g/mol. The van der Waals surface area contributed by atoms with Gasteiger partial charge in [0.2, 0.25) is 0 Å². The van der Waals surface area contributed by atoms with Gasteiger partial charge in [0.05, 0.1) is 0 Å². The van der Waals surface area contributed by atoms with Crippen molar-refractivity contribution in [3.05, 3.63) is 84.4 Å². The Morgan fingerprint density at radius 3 is 2.39 bits per heavy atom. The molecule has 0 aliphatic rings. The van der Waals surface area contributed by atoms with Crippen LogP contribution in [0.1, 0.15) is 31.4 Å². The molecule has 0 unspecified atom stereocenters. The Balaban J connectivity index is 1.88. The van der Waals surface area contributed by atoms with E-state index in [1.165, 1.54) is 0 Å². The summed E-state index contributed by atoms with van der Waals surface area (Å²) in [5, 5.41) is 23.2. The third kappa shape index (κ3) is 5.85. The molecule has 0 heterocycles. The number of anilines is 1. The Bertz CT molecular complexity index is 1080. The Hall–Kier alpha value is -3.80. The van der Waals surface area contributed by atoms with Crippen LogP contribution in [0.3, 0.4) is 0 Å². The predicted molar refractivity (Wildman–Crippen MR) is 120 cm³/mol. The van der Waals surface area contributed by atoms with Gasteiger partial charge in [-0.15, -0.1) is 0 Å². The lowest BCUT2D eigenvalue weighted by atomic mass is 9.89. The summed E-state index contributed by atoms with van der Waals surface area (Å²) in [7, 11) is 0. The van der Waals surface area contributed by atoms with Gasteiger partial charge in [0.1, 0.15) is 11.9 Å². The van der Waals surface area contributed by atoms with Gasteiger partial charge in [0, 0.05) is 22.7 Å². The number of phenols is 1. The van der Waals surface area contributed by atoms with Gasteiger partial charge in [-0.1, -0.05) is 61.5 Å². The van der Waals surface area contributed by atoms with Gasteiger partial charge >= 0.3 is 12.1 Å². The van der Waals surface area contributed by atoms with Crippen molar-refractivity contribution >= 4 is 28.5 Å². The largest absolute Gasteiger partial charge is 0.507 e. The number of benzene rings is 3. The van der Waals surface area contributed by atoms with Crippen LogP contribution in [0.2, 0.25) is 0 Å². The molecule has 0 aliphatic heterocycles. The van der Waals surface area contributed by atoms with Crippen LogP contribution in [0.15, 0.2) is 78.9 Å². The maximum Gasteiger partial charge on any atom is 0.412 e. The number of rotatable bonds is 8. The van der Waals surface area contributed by atoms with Crippen LogP contribution < -0.4 is 5.32 Å². The first-order chi connectivity index (χ1) is 15.0. The maximum absolute atomic E-state index is 12.6. The number of amides is 1. The first-order valence-corrected chi connectivity index (χ1v) is 10.1. The van der Waals surface area contributed by atoms with Crippen LogP contribution in [0.4, 0.5) is 10.5 Å². The lowest BCUT2D eigenvalue weighted by Gasteiger charge is -2.26. The second-order valence-corrected chi connectivity index (χ2v) is 7.33. The third-order valence-corrected chi connectivity index (χ3v) is 5.06. The van der Waals surface area contributed by atoms with E-state index in [0.29, 0.717) is 23.9 Å². The number of phenolic OH excluding ortho intramolecular Hbond substituents is 1. The normalized spacial score (nSPS) is 13.1. The SMILES string of the molecule is C[C@@H](CC/C=C/C(=O)O)[C@H](OC(=O)Nc1ccccc1)c1ccc(O)c2ccccc12. The number of allylic oxidation sites excluding steroid dienone is 1. The smallest absolute Gasteiger partial charge is 0.412 e. The molecule has 3 aromatic carbocycles. The Kier molecular flexibility index (Phi) is 7.27. The molecule has 2 atom stereocenters. The second-order valence-electron chi connectivity index (χ2n) is 7.33. The molecule has 0 radical (unpaired) electrons. The van der Waals surface area contributed by atoms with E-state index in [1.807, 2.05) is 49.4 Å². The van der Waals surface area contributed by atoms with E-state index in [-0.39, 0.29) is 11.7 Å². The van der Waals surface area contributed by atoms with Crippen molar-refractivity contribution in [1.29, 1.82) is 0 Å². The van der Waals surface area contributed by atoms with Gasteiger partial charge < -0.3 is 14.9 Å². The van der Waals surface area contributed by atoms with E-state index in [2.05, 4.69) is 5.32 Å². The number of nitrogens with one attached hydrogen (secondary N) is 1. The van der Waals surface area contributed by atoms with E-state index in [9.17, 15) is 14.7 Å². The van der Waals surface area contributed by atoms with Crippen molar-refractivity contribution in [2.45, 2.75) is 25.9 Å². The summed E-state index contributed by atoms with van der Waals surface area (Å²) in [4.78, 5) is 23.4. The van der Waals surface area contributed by atoms with Crippen LogP contribution in [0.25, 0.3) is 10.8 Å². The quantitative estimate of drug-likeness (QED) is 0.396. The minimum Gasteiger partial charge on any atom is -0.507 e. The molecule has 160 valence electrons. The van der Waals surface area contributed by atoms with Gasteiger partial charge in [-0.25, -0.2) is 9.59 Å². The van der Waals surface area contributed by atoms with E-state index >= 15 is 0 Å². The fraction of sp³-hybridized carbons (Fsp3) is 0.200.